The number of ether oxygens (including phenoxy) is 2. The third-order valence-electron chi connectivity index (χ3n) is 10.4. The number of carbonyl (C=O) groups is 1. The van der Waals surface area contributed by atoms with Crippen LogP contribution in [0.1, 0.15) is 196 Å². The summed E-state index contributed by atoms with van der Waals surface area (Å²) in [6.45, 7) is 7.45. The Balaban J connectivity index is 1.26. The monoisotopic (exact) mass is 697 g/mol. The normalized spacial score (nSPS) is 11.9. The summed E-state index contributed by atoms with van der Waals surface area (Å²) in [6, 6.07) is 24.4. The zero-order chi connectivity index (χ0) is 36.2. The van der Waals surface area contributed by atoms with E-state index in [1.165, 1.54) is 152 Å². The van der Waals surface area contributed by atoms with E-state index in [0.29, 0.717) is 11.3 Å². The molecule has 0 aliphatic carbocycles. The van der Waals surface area contributed by atoms with Crippen molar-refractivity contribution in [1.29, 1.82) is 0 Å². The minimum atomic E-state index is -0.340. The molecule has 3 aromatic rings. The Morgan fingerprint density at radius 1 is 0.490 bits per heavy atom. The van der Waals surface area contributed by atoms with Crippen LogP contribution in [0, 0.1) is 0 Å². The van der Waals surface area contributed by atoms with E-state index in [4.69, 9.17) is 9.47 Å². The van der Waals surface area contributed by atoms with Crippen molar-refractivity contribution in [2.75, 3.05) is 6.61 Å². The molecule has 3 heteroatoms. The maximum atomic E-state index is 12.9. The number of aryl methyl sites for hydroxylation is 1. The number of hydrogen-bond acceptors (Lipinski definition) is 3. The highest BCUT2D eigenvalue weighted by Crippen LogP contribution is 2.24. The van der Waals surface area contributed by atoms with Crippen LogP contribution >= 0.6 is 0 Å². The Labute approximate surface area is 313 Å². The third kappa shape index (κ3) is 18.9. The van der Waals surface area contributed by atoms with Gasteiger partial charge in [-0.25, -0.2) is 4.79 Å². The predicted molar refractivity (Wildman–Crippen MR) is 219 cm³/mol. The number of unbranched alkanes of at least 4 members (excludes halogenated alkanes) is 21. The van der Waals surface area contributed by atoms with Gasteiger partial charge < -0.3 is 9.47 Å². The number of esters is 1. The molecule has 282 valence electrons. The van der Waals surface area contributed by atoms with Crippen LogP contribution < -0.4 is 4.74 Å². The van der Waals surface area contributed by atoms with Crippen LogP contribution in [0.2, 0.25) is 0 Å². The zero-order valence-corrected chi connectivity index (χ0v) is 32.9. The molecule has 0 aromatic heterocycles. The maximum Gasteiger partial charge on any atom is 0.343 e. The average Bonchev–Trinajstić information content (AvgIpc) is 3.16. The predicted octanol–water partition coefficient (Wildman–Crippen LogP) is 15.2. The van der Waals surface area contributed by atoms with Crippen LogP contribution in [0.3, 0.4) is 0 Å². The highest BCUT2D eigenvalue weighted by atomic mass is 16.5. The first-order valence-corrected chi connectivity index (χ1v) is 21.2. The standard InChI is InChI=1S/C48H72O3/c1-4-6-8-10-12-14-16-17-18-20-22-24-26-40-50-41(3)43-36-38-47(39-37-43)51-48(49)46-34-32-45(33-35-46)44-30-28-42(29-31-44)27-25-23-21-19-15-13-11-9-7-5-2/h28-39,41H,4-27,40H2,1-3H3. The van der Waals surface area contributed by atoms with Crippen molar-refractivity contribution < 1.29 is 14.3 Å². The van der Waals surface area contributed by atoms with Gasteiger partial charge in [0.25, 0.3) is 0 Å². The molecule has 0 aliphatic rings. The van der Waals surface area contributed by atoms with Crippen molar-refractivity contribution >= 4 is 5.97 Å². The summed E-state index contributed by atoms with van der Waals surface area (Å²) in [6.07, 6.45) is 32.5. The molecule has 3 nitrogen and oxygen atoms in total. The second-order valence-corrected chi connectivity index (χ2v) is 14.9. The average molecular weight is 697 g/mol. The fourth-order valence-electron chi connectivity index (χ4n) is 6.93. The highest BCUT2D eigenvalue weighted by Gasteiger charge is 2.11. The lowest BCUT2D eigenvalue weighted by molar-refractivity contribution is 0.0627. The van der Waals surface area contributed by atoms with E-state index in [9.17, 15) is 4.79 Å². The molecular formula is C48H72O3. The first-order valence-electron chi connectivity index (χ1n) is 21.2. The van der Waals surface area contributed by atoms with Gasteiger partial charge in [0.2, 0.25) is 0 Å². The molecule has 0 bridgehead atoms. The fourth-order valence-corrected chi connectivity index (χ4v) is 6.93. The van der Waals surface area contributed by atoms with E-state index < -0.39 is 0 Å². The third-order valence-corrected chi connectivity index (χ3v) is 10.4. The van der Waals surface area contributed by atoms with Gasteiger partial charge in [-0.05, 0) is 72.7 Å². The Kier molecular flexibility index (Phi) is 23.1. The van der Waals surface area contributed by atoms with E-state index in [0.717, 1.165) is 30.6 Å². The lowest BCUT2D eigenvalue weighted by Gasteiger charge is -2.14. The Bertz CT molecular complexity index is 1260. The maximum absolute atomic E-state index is 12.9. The van der Waals surface area contributed by atoms with Gasteiger partial charge in [0.1, 0.15) is 5.75 Å². The van der Waals surface area contributed by atoms with Crippen LogP contribution in [0.25, 0.3) is 11.1 Å². The smallest absolute Gasteiger partial charge is 0.343 e. The van der Waals surface area contributed by atoms with Crippen molar-refractivity contribution in [3.8, 4) is 16.9 Å². The van der Waals surface area contributed by atoms with Gasteiger partial charge >= 0.3 is 5.97 Å². The van der Waals surface area contributed by atoms with Gasteiger partial charge in [0, 0.05) is 6.61 Å². The second kappa shape index (κ2) is 27.7. The SMILES string of the molecule is CCCCCCCCCCCCCCCOC(C)c1ccc(OC(=O)c2ccc(-c3ccc(CCCCCCCCCCCC)cc3)cc2)cc1. The van der Waals surface area contributed by atoms with Crippen LogP contribution in [0.15, 0.2) is 72.8 Å². The summed E-state index contributed by atoms with van der Waals surface area (Å²) in [5.74, 6) is 0.211. The topological polar surface area (TPSA) is 35.5 Å². The first-order chi connectivity index (χ1) is 25.1. The summed E-state index contributed by atoms with van der Waals surface area (Å²) in [4.78, 5) is 12.9. The van der Waals surface area contributed by atoms with Crippen molar-refractivity contribution in [2.45, 2.75) is 181 Å². The molecule has 0 fully saturated rings. The molecule has 0 heterocycles. The van der Waals surface area contributed by atoms with E-state index in [-0.39, 0.29) is 12.1 Å². The second-order valence-electron chi connectivity index (χ2n) is 14.9. The van der Waals surface area contributed by atoms with E-state index in [1.807, 2.05) is 48.5 Å². The van der Waals surface area contributed by atoms with Gasteiger partial charge in [0.05, 0.1) is 11.7 Å². The van der Waals surface area contributed by atoms with Crippen molar-refractivity contribution in [1.82, 2.24) is 0 Å². The number of benzene rings is 3. The lowest BCUT2D eigenvalue weighted by atomic mass is 10.00. The van der Waals surface area contributed by atoms with Gasteiger partial charge in [0.15, 0.2) is 0 Å². The van der Waals surface area contributed by atoms with Gasteiger partial charge in [-0.3, -0.25) is 0 Å². The van der Waals surface area contributed by atoms with E-state index in [1.54, 1.807) is 0 Å². The Morgan fingerprint density at radius 3 is 1.37 bits per heavy atom. The molecule has 1 unspecified atom stereocenters. The quantitative estimate of drug-likeness (QED) is 0.0395. The van der Waals surface area contributed by atoms with Crippen molar-refractivity contribution in [2.24, 2.45) is 0 Å². The molecule has 0 aliphatic heterocycles. The van der Waals surface area contributed by atoms with Crippen molar-refractivity contribution in [3.63, 3.8) is 0 Å². The van der Waals surface area contributed by atoms with Gasteiger partial charge in [-0.2, -0.15) is 0 Å². The summed E-state index contributed by atoms with van der Waals surface area (Å²) in [7, 11) is 0. The summed E-state index contributed by atoms with van der Waals surface area (Å²) >= 11 is 0. The summed E-state index contributed by atoms with van der Waals surface area (Å²) in [5, 5.41) is 0. The largest absolute Gasteiger partial charge is 0.423 e. The number of carbonyl (C=O) groups excluding carboxylic acids is 1. The fraction of sp³-hybridized carbons (Fsp3) is 0.604. The molecule has 51 heavy (non-hydrogen) atoms. The number of hydrogen-bond donors (Lipinski definition) is 0. The molecule has 3 aromatic carbocycles. The molecule has 1 atom stereocenters. The lowest BCUT2D eigenvalue weighted by Crippen LogP contribution is -2.08. The highest BCUT2D eigenvalue weighted by molar-refractivity contribution is 5.91. The van der Waals surface area contributed by atoms with Gasteiger partial charge in [-0.15, -0.1) is 0 Å². The Hall–Kier alpha value is -2.91. The van der Waals surface area contributed by atoms with Crippen LogP contribution in [-0.4, -0.2) is 12.6 Å². The molecular weight excluding hydrogens is 625 g/mol. The van der Waals surface area contributed by atoms with E-state index >= 15 is 0 Å². The molecule has 0 saturated heterocycles. The van der Waals surface area contributed by atoms with Crippen LogP contribution in [0.5, 0.6) is 5.75 Å². The van der Waals surface area contributed by atoms with E-state index in [2.05, 4.69) is 45.0 Å². The van der Waals surface area contributed by atoms with Crippen LogP contribution in [0.4, 0.5) is 0 Å². The molecule has 0 spiro atoms. The molecule has 0 saturated carbocycles. The minimum Gasteiger partial charge on any atom is -0.423 e. The number of rotatable bonds is 30. The zero-order valence-electron chi connectivity index (χ0n) is 32.9. The first kappa shape index (κ1) is 42.5. The molecule has 0 radical (unpaired) electrons. The van der Waals surface area contributed by atoms with Crippen LogP contribution in [-0.2, 0) is 11.2 Å². The molecule has 3 rings (SSSR count). The summed E-state index contributed by atoms with van der Waals surface area (Å²) < 4.78 is 11.8. The van der Waals surface area contributed by atoms with Gasteiger partial charge in [-0.1, -0.05) is 197 Å². The molecule has 0 N–H and O–H groups in total. The Morgan fingerprint density at radius 2 is 0.902 bits per heavy atom. The van der Waals surface area contributed by atoms with Crippen molar-refractivity contribution in [3.05, 3.63) is 89.5 Å². The summed E-state index contributed by atoms with van der Waals surface area (Å²) in [5.41, 5.74) is 5.33. The molecule has 0 amide bonds. The minimum absolute atomic E-state index is 0.0217.